The van der Waals surface area contributed by atoms with Crippen molar-refractivity contribution in [3.63, 3.8) is 0 Å². The Morgan fingerprint density at radius 1 is 1.08 bits per heavy atom. The first kappa shape index (κ1) is 12.5. The minimum absolute atomic E-state index is 0.231. The van der Waals surface area contributed by atoms with Gasteiger partial charge in [-0.2, -0.15) is 0 Å². The summed E-state index contributed by atoms with van der Waals surface area (Å²) in [4.78, 5) is 0. The molecule has 0 spiro atoms. The van der Waals surface area contributed by atoms with E-state index in [0.29, 0.717) is 0 Å². The second-order valence-electron chi connectivity index (χ2n) is 2.94. The van der Waals surface area contributed by atoms with Gasteiger partial charge in [0.15, 0.2) is 0 Å². The van der Waals surface area contributed by atoms with Crippen molar-refractivity contribution < 1.29 is 9.47 Å². The van der Waals surface area contributed by atoms with Gasteiger partial charge in [-0.05, 0) is 0 Å². The Morgan fingerprint density at radius 2 is 1.67 bits per heavy atom. The van der Waals surface area contributed by atoms with E-state index in [1.165, 1.54) is 0 Å². The summed E-state index contributed by atoms with van der Waals surface area (Å²) in [5.74, 6) is 0. The molecule has 0 heterocycles. The molecule has 3 heteroatoms. The van der Waals surface area contributed by atoms with Crippen molar-refractivity contribution in [1.82, 2.24) is 0 Å². The van der Waals surface area contributed by atoms with Gasteiger partial charge in [-0.3, -0.25) is 0 Å². The van der Waals surface area contributed by atoms with Crippen LogP contribution in [-0.4, -0.2) is 41.8 Å². The summed E-state index contributed by atoms with van der Waals surface area (Å²) >= 11 is 2.08. The van der Waals surface area contributed by atoms with Crippen LogP contribution in [0.15, 0.2) is 0 Å². The van der Waals surface area contributed by atoms with E-state index in [1.54, 1.807) is 0 Å². The van der Waals surface area contributed by atoms with Gasteiger partial charge in [0.05, 0.1) is 0 Å². The molecule has 0 fully saturated rings. The number of rotatable bonds is 7. The van der Waals surface area contributed by atoms with Gasteiger partial charge in [-0.15, -0.1) is 0 Å². The fourth-order valence-electron chi connectivity index (χ4n) is 1.32. The van der Waals surface area contributed by atoms with Gasteiger partial charge >= 0.3 is 84.9 Å². The molecule has 68 valence electrons. The van der Waals surface area contributed by atoms with E-state index in [0.717, 1.165) is 26.1 Å². The summed E-state index contributed by atoms with van der Waals surface area (Å²) in [6, 6.07) is 0. The van der Waals surface area contributed by atoms with Gasteiger partial charge in [0.25, 0.3) is 0 Å². The quantitative estimate of drug-likeness (QED) is 0.536. The average Bonchev–Trinajstić information content (AvgIpc) is 2.04. The third-order valence-corrected chi connectivity index (χ3v) is 1.91. The molecule has 0 aliphatic heterocycles. The summed E-state index contributed by atoms with van der Waals surface area (Å²) in [7, 11) is 0. The number of ether oxygens (including phenoxy) is 2. The predicted molar refractivity (Wildman–Crippen MR) is 51.5 cm³/mol. The van der Waals surface area contributed by atoms with Crippen LogP contribution >= 0.6 is 0 Å². The Labute approximate surface area is 85.2 Å². The Bertz CT molecular complexity index is 92.5. The first-order valence-corrected chi connectivity index (χ1v) is 4.99. The van der Waals surface area contributed by atoms with Crippen LogP contribution in [0.25, 0.3) is 0 Å². The zero-order chi connectivity index (χ0) is 9.40. The van der Waals surface area contributed by atoms with Crippen molar-refractivity contribution in [1.29, 1.82) is 0 Å². The van der Waals surface area contributed by atoms with Crippen LogP contribution in [0.3, 0.4) is 0 Å². The minimum atomic E-state index is 0.231. The molecular weight excluding hydrogens is 147 g/mol. The molecule has 2 nitrogen and oxygen atoms in total. The molecule has 0 aromatic rings. The molecule has 0 saturated carbocycles. The molecule has 2 unspecified atom stereocenters. The van der Waals surface area contributed by atoms with E-state index in [-0.39, 0.29) is 10.9 Å². The molecule has 0 aromatic heterocycles. The Balaban J connectivity index is 3.72. The van der Waals surface area contributed by atoms with Crippen molar-refractivity contribution in [3.05, 3.63) is 0 Å². The molecule has 12 heavy (non-hydrogen) atoms. The average molecular weight is 166 g/mol. The van der Waals surface area contributed by atoms with Gasteiger partial charge in [0, 0.05) is 0 Å². The normalized spacial score (nSPS) is 16.1. The molecule has 0 saturated heterocycles. The SMILES string of the molecule is [Li][CH](OCC)C(CCC)OCC. The maximum atomic E-state index is 5.57. The second kappa shape index (κ2) is 8.13. The van der Waals surface area contributed by atoms with Crippen LogP contribution in [0, 0.1) is 0 Å². The molecule has 0 amide bonds. The van der Waals surface area contributed by atoms with Crippen molar-refractivity contribution in [3.8, 4) is 0 Å². The molecule has 0 bridgehead atoms. The maximum absolute atomic E-state index is 5.57. The Hall–Kier alpha value is 0.517. The molecule has 0 N–H and O–H groups in total. The number of hydrogen-bond donors (Lipinski definition) is 0. The van der Waals surface area contributed by atoms with Gasteiger partial charge in [-0.25, -0.2) is 0 Å². The van der Waals surface area contributed by atoms with Crippen molar-refractivity contribution in [2.75, 3.05) is 13.2 Å². The van der Waals surface area contributed by atoms with E-state index in [9.17, 15) is 0 Å². The van der Waals surface area contributed by atoms with Crippen LogP contribution in [-0.2, 0) is 9.47 Å². The van der Waals surface area contributed by atoms with Crippen molar-refractivity contribution in [2.24, 2.45) is 0 Å². The first-order chi connectivity index (χ1) is 5.76. The van der Waals surface area contributed by atoms with Gasteiger partial charge in [0.1, 0.15) is 0 Å². The van der Waals surface area contributed by atoms with E-state index >= 15 is 0 Å². The topological polar surface area (TPSA) is 18.5 Å². The molecule has 0 rings (SSSR count). The van der Waals surface area contributed by atoms with Gasteiger partial charge in [-0.1, -0.05) is 0 Å². The fourth-order valence-corrected chi connectivity index (χ4v) is 1.32. The monoisotopic (exact) mass is 166 g/mol. The molecular formula is C9H19LiO2. The Morgan fingerprint density at radius 3 is 2.08 bits per heavy atom. The van der Waals surface area contributed by atoms with Gasteiger partial charge < -0.3 is 0 Å². The van der Waals surface area contributed by atoms with E-state index in [4.69, 9.17) is 9.47 Å². The summed E-state index contributed by atoms with van der Waals surface area (Å²) < 4.78 is 11.3. The summed E-state index contributed by atoms with van der Waals surface area (Å²) in [5.41, 5.74) is 0. The van der Waals surface area contributed by atoms with E-state index in [1.807, 2.05) is 13.8 Å². The Kier molecular flexibility index (Phi) is 8.48. The van der Waals surface area contributed by atoms with Crippen LogP contribution in [0.5, 0.6) is 0 Å². The first-order valence-electron chi connectivity index (χ1n) is 4.99. The third kappa shape index (κ3) is 5.21. The van der Waals surface area contributed by atoms with E-state index in [2.05, 4.69) is 24.6 Å². The van der Waals surface area contributed by atoms with Gasteiger partial charge in [0.2, 0.25) is 0 Å². The van der Waals surface area contributed by atoms with Crippen LogP contribution in [0.4, 0.5) is 0 Å². The zero-order valence-corrected chi connectivity index (χ0v) is 8.80. The fraction of sp³-hybridized carbons (Fsp3) is 1.00. The number of hydrogen-bond acceptors (Lipinski definition) is 2. The van der Waals surface area contributed by atoms with Crippen molar-refractivity contribution >= 4 is 17.7 Å². The summed E-state index contributed by atoms with van der Waals surface area (Å²) in [6.07, 6.45) is 2.52. The molecule has 0 radical (unpaired) electrons. The second-order valence-corrected chi connectivity index (χ2v) is 2.94. The van der Waals surface area contributed by atoms with Crippen molar-refractivity contribution in [2.45, 2.75) is 44.5 Å². The molecule has 2 atom stereocenters. The van der Waals surface area contributed by atoms with Crippen LogP contribution < -0.4 is 0 Å². The predicted octanol–water partition coefficient (Wildman–Crippen LogP) is 1.72. The molecule has 0 aliphatic rings. The van der Waals surface area contributed by atoms with Crippen LogP contribution in [0.1, 0.15) is 33.6 Å². The zero-order valence-electron chi connectivity index (χ0n) is 8.80. The molecule has 0 aromatic carbocycles. The summed E-state index contributed by atoms with van der Waals surface area (Å²) in [6.45, 7) is 7.77. The van der Waals surface area contributed by atoms with Crippen LogP contribution in [0.2, 0.25) is 0 Å². The van der Waals surface area contributed by atoms with E-state index < -0.39 is 0 Å². The molecule has 0 aliphatic carbocycles. The third-order valence-electron chi connectivity index (χ3n) is 1.91. The summed E-state index contributed by atoms with van der Waals surface area (Å²) in [5, 5.41) is 0. The standard InChI is InChI=1S/C9H19O2.Li/c1-4-7-9(11-6-3)8-10-5-2;/h8-9H,4-7H2,1-3H3;.